The zero-order valence-electron chi connectivity index (χ0n) is 16.7. The van der Waals surface area contributed by atoms with E-state index in [2.05, 4.69) is 11.8 Å². The summed E-state index contributed by atoms with van der Waals surface area (Å²) < 4.78 is 37.2. The van der Waals surface area contributed by atoms with Crippen LogP contribution in [0.5, 0.6) is 0 Å². The van der Waals surface area contributed by atoms with Crippen molar-refractivity contribution in [3.8, 4) is 0 Å². The fraction of sp³-hybridized carbons (Fsp3) is 0.286. The van der Waals surface area contributed by atoms with E-state index >= 15 is 0 Å². The quantitative estimate of drug-likeness (QED) is 0.216. The number of halogens is 2. The summed E-state index contributed by atoms with van der Waals surface area (Å²) in [6.45, 7) is 2.99. The van der Waals surface area contributed by atoms with Crippen molar-refractivity contribution in [2.24, 2.45) is 0 Å². The summed E-state index contributed by atoms with van der Waals surface area (Å²) in [4.78, 5) is 3.31. The van der Waals surface area contributed by atoms with Crippen molar-refractivity contribution in [1.29, 1.82) is 0 Å². The van der Waals surface area contributed by atoms with Gasteiger partial charge < -0.3 is 9.45 Å². The molecule has 10 heteroatoms. The van der Waals surface area contributed by atoms with Gasteiger partial charge >= 0.3 is 0 Å². The van der Waals surface area contributed by atoms with Gasteiger partial charge in [-0.05, 0) is 36.8 Å². The Morgan fingerprint density at radius 3 is 2.61 bits per heavy atom. The first-order valence-electron chi connectivity index (χ1n) is 9.77. The predicted octanol–water partition coefficient (Wildman–Crippen LogP) is 6.10. The van der Waals surface area contributed by atoms with E-state index in [0.717, 1.165) is 46.1 Å². The maximum absolute atomic E-state index is 11.6. The molecule has 0 spiro atoms. The fourth-order valence-corrected chi connectivity index (χ4v) is 6.78. The zero-order valence-corrected chi connectivity index (χ0v) is 20.6. The van der Waals surface area contributed by atoms with Crippen LogP contribution in [0.15, 0.2) is 46.3 Å². The van der Waals surface area contributed by atoms with Crippen LogP contribution in [0.1, 0.15) is 31.2 Å². The molecule has 0 bridgehead atoms. The molecule has 0 fully saturated rings. The van der Waals surface area contributed by atoms with E-state index in [1.807, 2.05) is 30.3 Å². The average Bonchev–Trinajstić information content (AvgIpc) is 3.19. The highest BCUT2D eigenvalue weighted by Gasteiger charge is 2.28. The van der Waals surface area contributed by atoms with Gasteiger partial charge in [-0.2, -0.15) is 4.57 Å². The summed E-state index contributed by atoms with van der Waals surface area (Å²) in [7, 11) is -4.49. The lowest BCUT2D eigenvalue weighted by atomic mass is 10.2. The molecule has 2 heterocycles. The highest BCUT2D eigenvalue weighted by atomic mass is 35.5. The molecule has 2 aromatic carbocycles. The molecular weight excluding hydrogens is 495 g/mol. The molecule has 164 valence electrons. The third-order valence-corrected chi connectivity index (χ3v) is 8.17. The maximum Gasteiger partial charge on any atom is 0.266 e. The third-order valence-electron chi connectivity index (χ3n) is 4.90. The molecule has 0 saturated heterocycles. The second-order valence-corrected chi connectivity index (χ2v) is 11.6. The van der Waals surface area contributed by atoms with E-state index in [1.54, 1.807) is 23.9 Å². The number of benzene rings is 2. The summed E-state index contributed by atoms with van der Waals surface area (Å²) in [6, 6.07) is 11.1. The lowest BCUT2D eigenvalue weighted by Gasteiger charge is -2.20. The van der Waals surface area contributed by atoms with Crippen LogP contribution in [0.25, 0.3) is 16.3 Å². The van der Waals surface area contributed by atoms with Crippen molar-refractivity contribution in [3.63, 3.8) is 0 Å². The standard InChI is InChI=1S/C21H20Cl2N2O3S3/c1-2-3-4-9-24-16-10-14(22)5-7-18(16)29-20(24)12-21-25(13-31(26,27)28)17-11-15(23)6-8-19(17)30-21/h5-8,10-12H,2-4,9,13H2,1H3. The van der Waals surface area contributed by atoms with Crippen LogP contribution in [0.3, 0.4) is 0 Å². The van der Waals surface area contributed by atoms with Gasteiger partial charge in [0.05, 0.1) is 16.8 Å². The minimum Gasteiger partial charge on any atom is -0.743 e. The summed E-state index contributed by atoms with van der Waals surface area (Å²) in [6.07, 6.45) is 5.20. The highest BCUT2D eigenvalue weighted by Crippen LogP contribution is 2.48. The number of thiazole rings is 1. The van der Waals surface area contributed by atoms with E-state index in [0.29, 0.717) is 20.6 Å². The number of rotatable bonds is 7. The zero-order chi connectivity index (χ0) is 22.2. The lowest BCUT2D eigenvalue weighted by Crippen LogP contribution is -2.39. The Morgan fingerprint density at radius 1 is 1.13 bits per heavy atom. The lowest BCUT2D eigenvalue weighted by molar-refractivity contribution is -0.649. The molecule has 0 radical (unpaired) electrons. The Balaban J connectivity index is 1.81. The molecular formula is C21H20Cl2N2O3S3. The van der Waals surface area contributed by atoms with Gasteiger partial charge in [-0.15, -0.1) is 0 Å². The summed E-state index contributed by atoms with van der Waals surface area (Å²) in [5.74, 6) is -0.647. The van der Waals surface area contributed by atoms with E-state index < -0.39 is 16.0 Å². The number of hydrogen-bond donors (Lipinski definition) is 0. The van der Waals surface area contributed by atoms with Gasteiger partial charge in [0.25, 0.3) is 5.01 Å². The predicted molar refractivity (Wildman–Crippen MR) is 129 cm³/mol. The SMILES string of the molecule is CCCCCN1C(=Cc2sc3ccc(Cl)cc3[n+]2CS(=O)(=O)[O-])Sc2ccc(Cl)cc21. The molecule has 0 N–H and O–H groups in total. The Kier molecular flexibility index (Phi) is 6.86. The van der Waals surface area contributed by atoms with Crippen LogP contribution in [0.4, 0.5) is 5.69 Å². The number of fused-ring (bicyclic) bond motifs is 2. The molecule has 4 rings (SSSR count). The molecule has 0 saturated carbocycles. The molecule has 0 atom stereocenters. The van der Waals surface area contributed by atoms with E-state index in [-0.39, 0.29) is 0 Å². The summed E-state index contributed by atoms with van der Waals surface area (Å²) in [5.41, 5.74) is 1.68. The average molecular weight is 516 g/mol. The smallest absolute Gasteiger partial charge is 0.266 e. The number of unbranched alkanes of at least 4 members (excludes halogenated alkanes) is 2. The molecule has 0 unspecified atom stereocenters. The number of thioether (sulfide) groups is 1. The Morgan fingerprint density at radius 2 is 1.87 bits per heavy atom. The normalized spacial score (nSPS) is 15.2. The Labute approximate surface area is 200 Å². The van der Waals surface area contributed by atoms with Crippen molar-refractivity contribution in [1.82, 2.24) is 0 Å². The van der Waals surface area contributed by atoms with Gasteiger partial charge in [0.2, 0.25) is 11.4 Å². The molecule has 3 aromatic rings. The second kappa shape index (κ2) is 9.29. The summed E-state index contributed by atoms with van der Waals surface area (Å²) in [5, 5.41) is 2.81. The topological polar surface area (TPSA) is 64.3 Å². The molecule has 1 aliphatic heterocycles. The van der Waals surface area contributed by atoms with Crippen molar-refractivity contribution in [2.75, 3.05) is 11.4 Å². The number of nitrogens with zero attached hydrogens (tertiary/aromatic N) is 2. The molecule has 0 amide bonds. The van der Waals surface area contributed by atoms with Gasteiger partial charge in [-0.3, -0.25) is 0 Å². The minimum atomic E-state index is -4.49. The largest absolute Gasteiger partial charge is 0.743 e. The molecule has 0 aliphatic carbocycles. The van der Waals surface area contributed by atoms with Gasteiger partial charge in [0.15, 0.2) is 10.1 Å². The monoisotopic (exact) mass is 514 g/mol. The number of aromatic nitrogens is 1. The van der Waals surface area contributed by atoms with Gasteiger partial charge in [-0.1, -0.05) is 66.1 Å². The molecule has 1 aliphatic rings. The van der Waals surface area contributed by atoms with Gasteiger partial charge in [0.1, 0.15) is 4.70 Å². The van der Waals surface area contributed by atoms with Crippen LogP contribution < -0.4 is 9.47 Å². The Bertz CT molecular complexity index is 1270. The molecule has 5 nitrogen and oxygen atoms in total. The highest BCUT2D eigenvalue weighted by molar-refractivity contribution is 8.03. The Hall–Kier alpha value is -1.29. The molecule has 31 heavy (non-hydrogen) atoms. The fourth-order valence-electron chi connectivity index (χ4n) is 3.51. The van der Waals surface area contributed by atoms with E-state index in [1.165, 1.54) is 15.9 Å². The van der Waals surface area contributed by atoms with Crippen molar-refractivity contribution >= 4 is 78.4 Å². The first-order chi connectivity index (χ1) is 14.7. The minimum absolute atomic E-state index is 0.486. The summed E-state index contributed by atoms with van der Waals surface area (Å²) >= 11 is 15.4. The first-order valence-corrected chi connectivity index (χ1v) is 13.7. The van der Waals surface area contributed by atoms with Crippen LogP contribution in [-0.2, 0) is 16.0 Å². The molecule has 1 aromatic heterocycles. The number of anilines is 1. The van der Waals surface area contributed by atoms with Gasteiger partial charge in [0, 0.05) is 27.6 Å². The van der Waals surface area contributed by atoms with Crippen molar-refractivity contribution < 1.29 is 17.5 Å². The van der Waals surface area contributed by atoms with Crippen molar-refractivity contribution in [2.45, 2.75) is 37.0 Å². The van der Waals surface area contributed by atoms with E-state index in [9.17, 15) is 13.0 Å². The third kappa shape index (κ3) is 5.21. The second-order valence-electron chi connectivity index (χ2n) is 7.22. The van der Waals surface area contributed by atoms with Crippen LogP contribution >= 0.6 is 46.3 Å². The maximum atomic E-state index is 11.6. The van der Waals surface area contributed by atoms with Crippen LogP contribution in [0.2, 0.25) is 10.0 Å². The van der Waals surface area contributed by atoms with E-state index in [4.69, 9.17) is 23.2 Å². The first kappa shape index (κ1) is 22.9. The number of hydrogen-bond acceptors (Lipinski definition) is 6. The van der Waals surface area contributed by atoms with Gasteiger partial charge in [-0.25, -0.2) is 8.42 Å². The van der Waals surface area contributed by atoms with Crippen molar-refractivity contribution in [3.05, 3.63) is 56.5 Å². The van der Waals surface area contributed by atoms with Crippen LogP contribution in [-0.4, -0.2) is 19.5 Å². The van der Waals surface area contributed by atoms with Crippen LogP contribution in [0, 0.1) is 0 Å².